The maximum Gasteiger partial charge on any atom is 0.237 e. The number of amides is 1. The lowest BCUT2D eigenvalue weighted by Gasteiger charge is -2.26. The fourth-order valence-corrected chi connectivity index (χ4v) is 4.00. The largest absolute Gasteiger partial charge is 0.467 e. The van der Waals surface area contributed by atoms with Crippen LogP contribution in [0.1, 0.15) is 37.0 Å². The van der Waals surface area contributed by atoms with Crippen LogP contribution in [-0.4, -0.2) is 31.7 Å². The Morgan fingerprint density at radius 1 is 1.24 bits per heavy atom. The molecule has 0 saturated heterocycles. The third kappa shape index (κ3) is 4.98. The summed E-state index contributed by atoms with van der Waals surface area (Å²) in [6.45, 7) is 2.51. The van der Waals surface area contributed by atoms with Gasteiger partial charge in [0.1, 0.15) is 5.76 Å². The van der Waals surface area contributed by atoms with Crippen molar-refractivity contribution in [3.05, 3.63) is 65.8 Å². The number of H-pyrrole nitrogens is 1. The molecule has 7 heteroatoms. The number of aryl methyl sites for hydroxylation is 1. The molecule has 4 rings (SSSR count). The van der Waals surface area contributed by atoms with Crippen molar-refractivity contribution in [3.63, 3.8) is 0 Å². The van der Waals surface area contributed by atoms with Crippen LogP contribution in [0.2, 0.25) is 0 Å². The minimum absolute atomic E-state index is 0.0428. The van der Waals surface area contributed by atoms with Gasteiger partial charge >= 0.3 is 0 Å². The molecule has 0 radical (unpaired) electrons. The van der Waals surface area contributed by atoms with E-state index in [1.165, 1.54) is 23.7 Å². The zero-order chi connectivity index (χ0) is 20.1. The van der Waals surface area contributed by atoms with Gasteiger partial charge in [-0.3, -0.25) is 9.89 Å². The van der Waals surface area contributed by atoms with Crippen molar-refractivity contribution in [1.29, 1.82) is 0 Å². The van der Waals surface area contributed by atoms with Crippen LogP contribution in [0.3, 0.4) is 0 Å². The summed E-state index contributed by atoms with van der Waals surface area (Å²) in [5, 5.41) is 7.79. The number of carbonyl (C=O) groups excluding carboxylic acids is 1. The highest BCUT2D eigenvalue weighted by atomic mass is 32.2. The molecule has 6 nitrogen and oxygen atoms in total. The number of rotatable bonds is 7. The van der Waals surface area contributed by atoms with Gasteiger partial charge in [0.15, 0.2) is 5.82 Å². The van der Waals surface area contributed by atoms with Crippen LogP contribution < -0.4 is 0 Å². The third-order valence-electron chi connectivity index (χ3n) is 4.92. The van der Waals surface area contributed by atoms with Gasteiger partial charge in [-0.25, -0.2) is 4.98 Å². The normalized spacial score (nSPS) is 13.9. The third-order valence-corrected chi connectivity index (χ3v) is 5.76. The van der Waals surface area contributed by atoms with Crippen LogP contribution in [0.4, 0.5) is 0 Å². The molecule has 0 bridgehead atoms. The first-order chi connectivity index (χ1) is 14.2. The summed E-state index contributed by atoms with van der Waals surface area (Å²) in [5.41, 5.74) is 3.27. The van der Waals surface area contributed by atoms with Crippen molar-refractivity contribution in [2.75, 3.05) is 5.75 Å². The smallest absolute Gasteiger partial charge is 0.237 e. The number of aromatic amines is 1. The van der Waals surface area contributed by atoms with Crippen LogP contribution in [0.15, 0.2) is 64.0 Å². The molecule has 1 aliphatic rings. The highest BCUT2D eigenvalue weighted by molar-refractivity contribution is 7.99. The highest BCUT2D eigenvalue weighted by Crippen LogP contribution is 2.25. The van der Waals surface area contributed by atoms with Gasteiger partial charge in [-0.1, -0.05) is 47.7 Å². The van der Waals surface area contributed by atoms with E-state index in [9.17, 15) is 4.79 Å². The molecule has 2 heterocycles. The van der Waals surface area contributed by atoms with E-state index >= 15 is 0 Å². The summed E-state index contributed by atoms with van der Waals surface area (Å²) in [7, 11) is 0. The number of carbonyl (C=O) groups is 1. The quantitative estimate of drug-likeness (QED) is 0.560. The molecule has 0 spiro atoms. The summed E-state index contributed by atoms with van der Waals surface area (Å²) in [6, 6.07) is 11.9. The van der Waals surface area contributed by atoms with Crippen LogP contribution in [0.25, 0.3) is 11.4 Å². The van der Waals surface area contributed by atoms with Crippen LogP contribution >= 0.6 is 11.8 Å². The molecule has 1 amide bonds. The standard InChI is InChI=1S/C22H24N4O2S/c1-16-9-11-17(12-10-16)21-23-22(25-24-21)29-15-20(27)26(14-19-8-5-13-28-19)18-6-3-2-4-7-18/h5-6,8-13H,2-4,7,14-15H2,1H3,(H,23,24,25). The van der Waals surface area contributed by atoms with Gasteiger partial charge < -0.3 is 9.32 Å². The lowest BCUT2D eigenvalue weighted by Crippen LogP contribution is -2.32. The van der Waals surface area contributed by atoms with Crippen molar-refractivity contribution >= 4 is 17.7 Å². The summed E-state index contributed by atoms with van der Waals surface area (Å²) >= 11 is 1.35. The fourth-order valence-electron chi connectivity index (χ4n) is 3.33. The molecular weight excluding hydrogens is 384 g/mol. The van der Waals surface area contributed by atoms with Crippen molar-refractivity contribution in [1.82, 2.24) is 20.1 Å². The summed E-state index contributed by atoms with van der Waals surface area (Å²) in [6.07, 6.45) is 8.06. The minimum Gasteiger partial charge on any atom is -0.467 e. The van der Waals surface area contributed by atoms with Crippen LogP contribution in [0, 0.1) is 6.92 Å². The Labute approximate surface area is 174 Å². The van der Waals surface area contributed by atoms with Crippen LogP contribution in [-0.2, 0) is 11.3 Å². The first-order valence-electron chi connectivity index (χ1n) is 9.83. The van der Waals surface area contributed by atoms with E-state index in [1.54, 1.807) is 6.26 Å². The van der Waals surface area contributed by atoms with E-state index in [0.29, 0.717) is 17.5 Å². The molecule has 2 aromatic heterocycles. The first-order valence-corrected chi connectivity index (χ1v) is 10.8. The molecular formula is C22H24N4O2S. The molecule has 0 aliphatic heterocycles. The molecule has 0 unspecified atom stereocenters. The van der Waals surface area contributed by atoms with E-state index in [-0.39, 0.29) is 11.7 Å². The lowest BCUT2D eigenvalue weighted by atomic mass is 10.0. The Balaban J connectivity index is 1.42. The average molecular weight is 409 g/mol. The molecule has 1 aliphatic carbocycles. The van der Waals surface area contributed by atoms with Gasteiger partial charge in [-0.15, -0.1) is 5.10 Å². The molecule has 1 N–H and O–H groups in total. The van der Waals surface area contributed by atoms with Gasteiger partial charge in [-0.2, -0.15) is 0 Å². The zero-order valence-corrected chi connectivity index (χ0v) is 17.2. The minimum atomic E-state index is 0.0428. The number of hydrogen-bond donors (Lipinski definition) is 1. The van der Waals surface area contributed by atoms with E-state index < -0.39 is 0 Å². The number of furan rings is 1. The topological polar surface area (TPSA) is 75.0 Å². The average Bonchev–Trinajstić information content (AvgIpc) is 3.44. The second-order valence-electron chi connectivity index (χ2n) is 7.12. The van der Waals surface area contributed by atoms with Crippen molar-refractivity contribution in [2.24, 2.45) is 0 Å². The van der Waals surface area contributed by atoms with Crippen molar-refractivity contribution in [3.8, 4) is 11.4 Å². The summed E-state index contributed by atoms with van der Waals surface area (Å²) in [5.74, 6) is 1.82. The predicted molar refractivity (Wildman–Crippen MR) is 113 cm³/mol. The second kappa shape index (κ2) is 9.13. The predicted octanol–water partition coefficient (Wildman–Crippen LogP) is 4.95. The highest BCUT2D eigenvalue weighted by Gasteiger charge is 2.21. The van der Waals surface area contributed by atoms with E-state index in [0.717, 1.165) is 36.3 Å². The van der Waals surface area contributed by atoms with E-state index in [1.807, 2.05) is 48.2 Å². The molecule has 1 aromatic carbocycles. The van der Waals surface area contributed by atoms with Crippen molar-refractivity contribution in [2.45, 2.75) is 44.3 Å². The van der Waals surface area contributed by atoms with Gasteiger partial charge in [-0.05, 0) is 44.7 Å². The second-order valence-corrected chi connectivity index (χ2v) is 8.06. The van der Waals surface area contributed by atoms with Gasteiger partial charge in [0.05, 0.1) is 18.6 Å². The number of nitrogens with zero attached hydrogens (tertiary/aromatic N) is 3. The van der Waals surface area contributed by atoms with Crippen molar-refractivity contribution < 1.29 is 9.21 Å². The molecule has 29 heavy (non-hydrogen) atoms. The fraction of sp³-hybridized carbons (Fsp3) is 0.318. The maximum atomic E-state index is 13.0. The number of allylic oxidation sites excluding steroid dienone is 2. The molecule has 150 valence electrons. The molecule has 3 aromatic rings. The van der Waals surface area contributed by atoms with Gasteiger partial charge in [0.2, 0.25) is 11.1 Å². The monoisotopic (exact) mass is 408 g/mol. The summed E-state index contributed by atoms with van der Waals surface area (Å²) < 4.78 is 5.47. The Hall–Kier alpha value is -2.80. The van der Waals surface area contributed by atoms with Gasteiger partial charge in [0, 0.05) is 11.3 Å². The number of hydrogen-bond acceptors (Lipinski definition) is 5. The maximum absolute atomic E-state index is 13.0. The zero-order valence-electron chi connectivity index (χ0n) is 16.4. The summed E-state index contributed by atoms with van der Waals surface area (Å²) in [4.78, 5) is 19.4. The Kier molecular flexibility index (Phi) is 6.14. The number of thioether (sulfide) groups is 1. The lowest BCUT2D eigenvalue weighted by molar-refractivity contribution is -0.127. The number of benzene rings is 1. The number of aromatic nitrogens is 3. The molecule has 0 atom stereocenters. The van der Waals surface area contributed by atoms with Gasteiger partial charge in [0.25, 0.3) is 0 Å². The molecule has 0 fully saturated rings. The molecule has 0 saturated carbocycles. The SMILES string of the molecule is Cc1ccc(-c2nc(SCC(=O)N(Cc3ccco3)C3=CCCCC3)n[nH]2)cc1. The van der Waals surface area contributed by atoms with Crippen LogP contribution in [0.5, 0.6) is 0 Å². The number of nitrogens with one attached hydrogen (secondary N) is 1. The Bertz CT molecular complexity index is 977. The first kappa shape index (κ1) is 19.5. The van der Waals surface area contributed by atoms with E-state index in [4.69, 9.17) is 4.42 Å². The Morgan fingerprint density at radius 2 is 2.10 bits per heavy atom. The van der Waals surface area contributed by atoms with E-state index in [2.05, 4.69) is 21.3 Å². The Morgan fingerprint density at radius 3 is 2.83 bits per heavy atom.